The minimum absolute atomic E-state index is 0.136. The van der Waals surface area contributed by atoms with E-state index in [9.17, 15) is 14.4 Å². The molecule has 1 aliphatic heterocycles. The highest BCUT2D eigenvalue weighted by Gasteiger charge is 2.59. The summed E-state index contributed by atoms with van der Waals surface area (Å²) in [6.45, 7) is 0.196. The van der Waals surface area contributed by atoms with Crippen LogP contribution in [0.4, 0.5) is 0 Å². The van der Waals surface area contributed by atoms with Gasteiger partial charge in [0.15, 0.2) is 5.75 Å². The zero-order valence-corrected chi connectivity index (χ0v) is 19.5. The van der Waals surface area contributed by atoms with Gasteiger partial charge in [0.25, 0.3) is 11.8 Å². The van der Waals surface area contributed by atoms with E-state index in [2.05, 4.69) is 21.0 Å². The smallest absolute Gasteiger partial charge is 0.335 e. The topological polar surface area (TPSA) is 96.3 Å². The SMILES string of the molecule is O=C(O)c1ccc(COc2c(Cl)cc(C=NN3C(=O)[C@@H]4[C@H](C3=O)[C@H]3C=C[C@H]4C3)cc2Br)cc1. The molecule has 1 N–H and O–H groups in total. The van der Waals surface area contributed by atoms with E-state index in [-0.39, 0.29) is 47.7 Å². The zero-order chi connectivity index (χ0) is 23.3. The van der Waals surface area contributed by atoms with Crippen LogP contribution in [0.3, 0.4) is 0 Å². The standard InChI is InChI=1S/C24H18BrClN2O5/c25-17-7-13(8-18(26)21(17)33-11-12-1-3-14(4-2-12)24(31)32)10-27-28-22(29)19-15-5-6-16(9-15)20(19)23(28)30/h1-8,10,15-16,19-20H,9,11H2,(H,31,32)/t15-,16-,19-,20+/m0/s1. The van der Waals surface area contributed by atoms with Gasteiger partial charge in [-0.15, -0.1) is 0 Å². The molecule has 2 bridgehead atoms. The summed E-state index contributed by atoms with van der Waals surface area (Å²) in [5, 5.41) is 14.5. The summed E-state index contributed by atoms with van der Waals surface area (Å²) in [6, 6.07) is 9.73. The van der Waals surface area contributed by atoms with Crippen molar-refractivity contribution in [2.75, 3.05) is 0 Å². The van der Waals surface area contributed by atoms with Crippen molar-refractivity contribution in [3.63, 3.8) is 0 Å². The first kappa shape index (κ1) is 21.9. The van der Waals surface area contributed by atoms with Gasteiger partial charge in [0.1, 0.15) is 6.61 Å². The molecule has 1 saturated heterocycles. The first-order valence-electron chi connectivity index (χ1n) is 10.4. The number of ether oxygens (including phenoxy) is 1. The number of halogens is 2. The van der Waals surface area contributed by atoms with E-state index in [1.807, 2.05) is 12.2 Å². The van der Waals surface area contributed by atoms with E-state index in [0.29, 0.717) is 20.8 Å². The van der Waals surface area contributed by atoms with Crippen molar-refractivity contribution in [2.24, 2.45) is 28.8 Å². The van der Waals surface area contributed by atoms with E-state index in [4.69, 9.17) is 21.4 Å². The quantitative estimate of drug-likeness (QED) is 0.337. The molecule has 3 aliphatic rings. The number of carboxylic acid groups (broad SMARTS) is 1. The molecule has 2 amide bonds. The van der Waals surface area contributed by atoms with Gasteiger partial charge in [0, 0.05) is 0 Å². The number of carbonyl (C=O) groups is 3. The number of imide groups is 1. The van der Waals surface area contributed by atoms with Crippen molar-refractivity contribution in [3.8, 4) is 5.75 Å². The van der Waals surface area contributed by atoms with Crippen molar-refractivity contribution < 1.29 is 24.2 Å². The molecule has 0 radical (unpaired) electrons. The summed E-state index contributed by atoms with van der Waals surface area (Å²) in [5.74, 6) is -1.36. The summed E-state index contributed by atoms with van der Waals surface area (Å²) in [5.41, 5.74) is 1.58. The number of aromatic carboxylic acids is 1. The molecule has 2 aromatic carbocycles. The predicted molar refractivity (Wildman–Crippen MR) is 124 cm³/mol. The van der Waals surface area contributed by atoms with Crippen LogP contribution in [0.2, 0.25) is 5.02 Å². The lowest BCUT2D eigenvalue weighted by molar-refractivity contribution is -0.140. The number of carboxylic acids is 1. The Balaban J connectivity index is 1.28. The number of carbonyl (C=O) groups excluding carboxylic acids is 2. The molecular formula is C24H18BrClN2O5. The van der Waals surface area contributed by atoms with Gasteiger partial charge < -0.3 is 9.84 Å². The molecular weight excluding hydrogens is 512 g/mol. The minimum atomic E-state index is -0.991. The van der Waals surface area contributed by atoms with Gasteiger partial charge in [-0.05, 0) is 69.6 Å². The number of nitrogens with zero attached hydrogens (tertiary/aromatic N) is 2. The Labute approximate surface area is 202 Å². The highest BCUT2D eigenvalue weighted by Crippen LogP contribution is 2.52. The first-order valence-corrected chi connectivity index (χ1v) is 11.5. The van der Waals surface area contributed by atoms with Crippen molar-refractivity contribution in [1.29, 1.82) is 0 Å². The molecule has 9 heteroatoms. The lowest BCUT2D eigenvalue weighted by Gasteiger charge is -2.13. The second-order valence-corrected chi connectivity index (χ2v) is 9.60. The van der Waals surface area contributed by atoms with Crippen LogP contribution in [-0.4, -0.2) is 34.1 Å². The van der Waals surface area contributed by atoms with Crippen LogP contribution < -0.4 is 4.74 Å². The third-order valence-corrected chi connectivity index (χ3v) is 7.24. The molecule has 168 valence electrons. The fourth-order valence-electron chi connectivity index (χ4n) is 4.82. The second-order valence-electron chi connectivity index (χ2n) is 8.34. The van der Waals surface area contributed by atoms with Crippen LogP contribution in [0.1, 0.15) is 27.9 Å². The maximum atomic E-state index is 12.7. The van der Waals surface area contributed by atoms with E-state index in [1.54, 1.807) is 24.3 Å². The molecule has 0 spiro atoms. The number of benzene rings is 2. The van der Waals surface area contributed by atoms with Gasteiger partial charge in [-0.1, -0.05) is 35.9 Å². The fourth-order valence-corrected chi connectivity index (χ4v) is 5.80. The third-order valence-electron chi connectivity index (χ3n) is 6.37. The summed E-state index contributed by atoms with van der Waals surface area (Å²) in [4.78, 5) is 36.4. The zero-order valence-electron chi connectivity index (χ0n) is 17.2. The van der Waals surface area contributed by atoms with Gasteiger partial charge in [0.2, 0.25) is 0 Å². The molecule has 5 rings (SSSR count). The number of hydrazone groups is 1. The summed E-state index contributed by atoms with van der Waals surface area (Å²) >= 11 is 9.83. The van der Waals surface area contributed by atoms with Crippen LogP contribution >= 0.6 is 27.5 Å². The van der Waals surface area contributed by atoms with E-state index >= 15 is 0 Å². The Hall–Kier alpha value is -2.97. The average molecular weight is 530 g/mol. The van der Waals surface area contributed by atoms with Crippen LogP contribution in [0.15, 0.2) is 58.1 Å². The number of rotatable bonds is 6. The van der Waals surface area contributed by atoms with Crippen LogP contribution in [0.25, 0.3) is 0 Å². The highest BCUT2D eigenvalue weighted by atomic mass is 79.9. The number of hydrogen-bond acceptors (Lipinski definition) is 5. The number of hydrogen-bond donors (Lipinski definition) is 1. The minimum Gasteiger partial charge on any atom is -0.486 e. The monoisotopic (exact) mass is 528 g/mol. The van der Waals surface area contributed by atoms with E-state index in [0.717, 1.165) is 17.0 Å². The largest absolute Gasteiger partial charge is 0.486 e. The molecule has 0 unspecified atom stereocenters. The normalized spacial score (nSPS) is 25.3. The number of fused-ring (bicyclic) bond motifs is 5. The lowest BCUT2D eigenvalue weighted by Crippen LogP contribution is -2.28. The van der Waals surface area contributed by atoms with E-state index in [1.165, 1.54) is 18.3 Å². The van der Waals surface area contributed by atoms with Crippen LogP contribution in [0, 0.1) is 23.7 Å². The fraction of sp³-hybridized carbons (Fsp3) is 0.250. The highest BCUT2D eigenvalue weighted by molar-refractivity contribution is 9.10. The molecule has 1 heterocycles. The Kier molecular flexibility index (Phi) is 5.58. The Bertz CT molecular complexity index is 1170. The maximum Gasteiger partial charge on any atom is 0.335 e. The lowest BCUT2D eigenvalue weighted by atomic mass is 9.85. The second kappa shape index (κ2) is 8.43. The van der Waals surface area contributed by atoms with Gasteiger partial charge in [-0.3, -0.25) is 9.59 Å². The van der Waals surface area contributed by atoms with Crippen LogP contribution in [-0.2, 0) is 16.2 Å². The Morgan fingerprint density at radius 3 is 2.36 bits per heavy atom. The van der Waals surface area contributed by atoms with Crippen LogP contribution in [0.5, 0.6) is 5.75 Å². The third kappa shape index (κ3) is 3.87. The Morgan fingerprint density at radius 2 is 1.79 bits per heavy atom. The van der Waals surface area contributed by atoms with Crippen molar-refractivity contribution in [3.05, 3.63) is 74.7 Å². The van der Waals surface area contributed by atoms with Gasteiger partial charge >= 0.3 is 5.97 Å². The average Bonchev–Trinajstić information content (AvgIpc) is 3.46. The van der Waals surface area contributed by atoms with Gasteiger partial charge in [0.05, 0.1) is 33.1 Å². The van der Waals surface area contributed by atoms with Gasteiger partial charge in [-0.25, -0.2) is 4.79 Å². The Morgan fingerprint density at radius 1 is 1.15 bits per heavy atom. The molecule has 7 nitrogen and oxygen atoms in total. The van der Waals surface area contributed by atoms with Crippen molar-refractivity contribution >= 4 is 51.5 Å². The summed E-state index contributed by atoms with van der Waals surface area (Å²) < 4.78 is 6.39. The summed E-state index contributed by atoms with van der Waals surface area (Å²) in [6.07, 6.45) is 6.40. The first-order chi connectivity index (χ1) is 15.8. The molecule has 1 saturated carbocycles. The van der Waals surface area contributed by atoms with Gasteiger partial charge in [-0.2, -0.15) is 10.1 Å². The predicted octanol–water partition coefficient (Wildman–Crippen LogP) is 4.52. The van der Waals surface area contributed by atoms with E-state index < -0.39 is 5.97 Å². The maximum absolute atomic E-state index is 12.7. The number of amides is 2. The number of allylic oxidation sites excluding steroid dienone is 2. The molecule has 0 aromatic heterocycles. The summed E-state index contributed by atoms with van der Waals surface area (Å²) in [7, 11) is 0. The van der Waals surface area contributed by atoms with Crippen molar-refractivity contribution in [2.45, 2.75) is 13.0 Å². The molecule has 4 atom stereocenters. The molecule has 2 fully saturated rings. The molecule has 33 heavy (non-hydrogen) atoms. The molecule has 2 aliphatic carbocycles. The molecule has 2 aromatic rings. The van der Waals surface area contributed by atoms with Crippen molar-refractivity contribution in [1.82, 2.24) is 5.01 Å².